The highest BCUT2D eigenvalue weighted by atomic mass is 35.5. The molecule has 1 aliphatic rings. The molecule has 1 fully saturated rings. The molecule has 6 heteroatoms. The minimum Gasteiger partial charge on any atom is -0.461 e. The van der Waals surface area contributed by atoms with Crippen LogP contribution in [0.15, 0.2) is 11.1 Å². The monoisotopic (exact) mass is 278 g/mol. The van der Waals surface area contributed by atoms with Crippen molar-refractivity contribution in [3.8, 4) is 0 Å². The summed E-state index contributed by atoms with van der Waals surface area (Å²) in [6.07, 6.45) is 1.91. The first-order chi connectivity index (χ1) is 8.20. The quantitative estimate of drug-likeness (QED) is 0.609. The number of carbonyl (C=O) groups is 2. The van der Waals surface area contributed by atoms with Crippen LogP contribution in [0.25, 0.3) is 0 Å². The van der Waals surface area contributed by atoms with E-state index in [0.29, 0.717) is 17.9 Å². The first-order valence-corrected chi connectivity index (χ1v) is 6.04. The van der Waals surface area contributed by atoms with Gasteiger partial charge in [-0.05, 0) is 24.2 Å². The Labute approximate surface area is 111 Å². The second-order valence-corrected chi connectivity index (χ2v) is 5.14. The fourth-order valence-electron chi connectivity index (χ4n) is 1.30. The Bertz CT molecular complexity index is 331. The van der Waals surface area contributed by atoms with Crippen molar-refractivity contribution in [2.75, 3.05) is 6.61 Å². The molecule has 1 unspecified atom stereocenters. The molecule has 1 rings (SSSR count). The molecule has 2 N–H and O–H groups in total. The highest BCUT2D eigenvalue weighted by Gasteiger charge is 2.44. The molecule has 0 saturated heterocycles. The maximum Gasteiger partial charge on any atom is 0.503 e. The van der Waals surface area contributed by atoms with Gasteiger partial charge in [-0.15, -0.1) is 0 Å². The van der Waals surface area contributed by atoms with Crippen molar-refractivity contribution >= 4 is 23.7 Å². The van der Waals surface area contributed by atoms with Gasteiger partial charge in [0.1, 0.15) is 5.03 Å². The fraction of sp³-hybridized carbons (Fsp3) is 0.667. The van der Waals surface area contributed by atoms with E-state index in [0.717, 1.165) is 12.8 Å². The number of carbonyl (C=O) groups excluding carboxylic acids is 1. The van der Waals surface area contributed by atoms with E-state index in [1.165, 1.54) is 0 Å². The Balaban J connectivity index is 0.000000631. The van der Waals surface area contributed by atoms with Crippen LogP contribution in [0.3, 0.4) is 0 Å². The molecule has 0 spiro atoms. The van der Waals surface area contributed by atoms with E-state index in [1.54, 1.807) is 0 Å². The highest BCUT2D eigenvalue weighted by molar-refractivity contribution is 6.41. The summed E-state index contributed by atoms with van der Waals surface area (Å²) in [6.45, 7) is 6.72. The largest absolute Gasteiger partial charge is 0.503 e. The molecule has 0 aliphatic heterocycles. The normalized spacial score (nSPS) is 20.4. The van der Waals surface area contributed by atoms with Crippen LogP contribution in [-0.4, -0.2) is 28.9 Å². The summed E-state index contributed by atoms with van der Waals surface area (Å²) in [5.74, 6) is 0.0420. The molecule has 5 nitrogen and oxygen atoms in total. The van der Waals surface area contributed by atoms with Crippen molar-refractivity contribution in [2.45, 2.75) is 33.6 Å². The minimum atomic E-state index is -1.83. The minimum absolute atomic E-state index is 0.231. The van der Waals surface area contributed by atoms with E-state index in [1.807, 2.05) is 13.0 Å². The summed E-state index contributed by atoms with van der Waals surface area (Å²) in [4.78, 5) is 19.8. The zero-order valence-electron chi connectivity index (χ0n) is 10.8. The van der Waals surface area contributed by atoms with Gasteiger partial charge in [0.05, 0.1) is 6.61 Å². The predicted molar refractivity (Wildman–Crippen MR) is 67.7 cm³/mol. The lowest BCUT2D eigenvalue weighted by atomic mass is 10.1. The van der Waals surface area contributed by atoms with Gasteiger partial charge < -0.3 is 14.9 Å². The molecule has 0 bridgehead atoms. The first-order valence-electron chi connectivity index (χ1n) is 5.67. The summed E-state index contributed by atoms with van der Waals surface area (Å²) in [5, 5.41) is 14.2. The van der Waals surface area contributed by atoms with Gasteiger partial charge in [-0.2, -0.15) is 0 Å². The van der Waals surface area contributed by atoms with Crippen LogP contribution in [0, 0.1) is 11.3 Å². The zero-order valence-corrected chi connectivity index (χ0v) is 11.5. The maximum atomic E-state index is 11.3. The number of ether oxygens (including phenoxy) is 1. The summed E-state index contributed by atoms with van der Waals surface area (Å²) < 4.78 is 4.91. The zero-order chi connectivity index (χ0) is 14.3. The van der Waals surface area contributed by atoms with Crippen LogP contribution in [0.5, 0.6) is 0 Å². The molecule has 0 aromatic carbocycles. The Morgan fingerprint density at radius 3 is 2.22 bits per heavy atom. The molecule has 1 atom stereocenters. The van der Waals surface area contributed by atoms with Crippen LogP contribution in [0.4, 0.5) is 4.79 Å². The van der Waals surface area contributed by atoms with Crippen molar-refractivity contribution in [2.24, 2.45) is 11.3 Å². The predicted octanol–water partition coefficient (Wildman–Crippen LogP) is 3.33. The molecular formula is C12H19ClO5. The summed E-state index contributed by atoms with van der Waals surface area (Å²) >= 11 is 5.82. The molecule has 1 aliphatic carbocycles. The topological polar surface area (TPSA) is 83.8 Å². The third kappa shape index (κ3) is 7.17. The lowest BCUT2D eigenvalue weighted by Gasteiger charge is -2.02. The van der Waals surface area contributed by atoms with Crippen LogP contribution < -0.4 is 0 Å². The summed E-state index contributed by atoms with van der Waals surface area (Å²) in [7, 11) is 0. The average Bonchev–Trinajstić information content (AvgIpc) is 2.81. The lowest BCUT2D eigenvalue weighted by Crippen LogP contribution is -2.05. The third-order valence-electron chi connectivity index (χ3n) is 2.57. The second-order valence-electron chi connectivity index (χ2n) is 4.73. The van der Waals surface area contributed by atoms with Gasteiger partial charge in [-0.25, -0.2) is 9.59 Å². The molecule has 0 aromatic heterocycles. The van der Waals surface area contributed by atoms with Gasteiger partial charge in [0.2, 0.25) is 0 Å². The Morgan fingerprint density at radius 1 is 1.44 bits per heavy atom. The van der Waals surface area contributed by atoms with Gasteiger partial charge >= 0.3 is 12.1 Å². The number of carboxylic acid groups (broad SMARTS) is 2. The van der Waals surface area contributed by atoms with E-state index in [2.05, 4.69) is 13.8 Å². The second kappa shape index (κ2) is 7.26. The van der Waals surface area contributed by atoms with Gasteiger partial charge in [0.25, 0.3) is 0 Å². The highest BCUT2D eigenvalue weighted by Crippen LogP contribution is 2.53. The molecule has 0 amide bonds. The van der Waals surface area contributed by atoms with E-state index < -0.39 is 12.1 Å². The Morgan fingerprint density at radius 2 is 1.89 bits per heavy atom. The summed E-state index contributed by atoms with van der Waals surface area (Å²) in [6, 6.07) is 0. The van der Waals surface area contributed by atoms with Crippen molar-refractivity contribution in [1.29, 1.82) is 0 Å². The first kappa shape index (κ1) is 16.8. The average molecular weight is 279 g/mol. The molecule has 1 saturated carbocycles. The van der Waals surface area contributed by atoms with E-state index >= 15 is 0 Å². The number of esters is 1. The van der Waals surface area contributed by atoms with Crippen LogP contribution in [0.2, 0.25) is 0 Å². The molecule has 0 aromatic rings. The number of allylic oxidation sites excluding steroid dienone is 1. The third-order valence-corrected chi connectivity index (χ3v) is 2.85. The standard InChI is InChI=1S/C11H17ClO2.CH2O3/c1-4-5-14-10(13)9(12)6-8-7-11(8,2)3;2-1(3)4/h6,8H,4-5,7H2,1-3H3;(H2,2,3,4). The molecular weight excluding hydrogens is 260 g/mol. The summed E-state index contributed by atoms with van der Waals surface area (Å²) in [5.41, 5.74) is 0.311. The van der Waals surface area contributed by atoms with E-state index in [-0.39, 0.29) is 5.03 Å². The van der Waals surface area contributed by atoms with Crippen molar-refractivity contribution in [1.82, 2.24) is 0 Å². The number of hydrogen-bond acceptors (Lipinski definition) is 3. The smallest absolute Gasteiger partial charge is 0.461 e. The van der Waals surface area contributed by atoms with Gasteiger partial charge in [0.15, 0.2) is 0 Å². The molecule has 104 valence electrons. The van der Waals surface area contributed by atoms with Crippen molar-refractivity contribution < 1.29 is 24.5 Å². The van der Waals surface area contributed by atoms with Gasteiger partial charge in [0, 0.05) is 0 Å². The SMILES string of the molecule is CCCOC(=O)C(Cl)=CC1CC1(C)C.O=C(O)O. The van der Waals surface area contributed by atoms with Gasteiger partial charge in [-0.1, -0.05) is 38.4 Å². The maximum absolute atomic E-state index is 11.3. The number of hydrogen-bond donors (Lipinski definition) is 2. The van der Waals surface area contributed by atoms with E-state index in [9.17, 15) is 4.79 Å². The number of rotatable bonds is 4. The lowest BCUT2D eigenvalue weighted by molar-refractivity contribution is -0.138. The molecule has 18 heavy (non-hydrogen) atoms. The Kier molecular flexibility index (Phi) is 6.76. The van der Waals surface area contributed by atoms with Crippen LogP contribution in [-0.2, 0) is 9.53 Å². The number of halogens is 1. The van der Waals surface area contributed by atoms with Crippen molar-refractivity contribution in [3.63, 3.8) is 0 Å². The van der Waals surface area contributed by atoms with Crippen molar-refractivity contribution in [3.05, 3.63) is 11.1 Å². The van der Waals surface area contributed by atoms with Crippen LogP contribution in [0.1, 0.15) is 33.6 Å². The molecule has 0 radical (unpaired) electrons. The molecule has 0 heterocycles. The van der Waals surface area contributed by atoms with Crippen LogP contribution >= 0.6 is 11.6 Å². The van der Waals surface area contributed by atoms with Gasteiger partial charge in [-0.3, -0.25) is 0 Å². The Hall–Kier alpha value is -1.23. The fourth-order valence-corrected chi connectivity index (χ4v) is 1.51. The van der Waals surface area contributed by atoms with E-state index in [4.69, 9.17) is 31.3 Å².